The molecule has 25 heavy (non-hydrogen) atoms. The number of aromatic nitrogens is 2. The lowest BCUT2D eigenvalue weighted by Gasteiger charge is -2.14. The van der Waals surface area contributed by atoms with E-state index < -0.39 is 17.1 Å². The van der Waals surface area contributed by atoms with Crippen molar-refractivity contribution in [2.24, 2.45) is 0 Å². The molecule has 2 aromatic rings. The first-order chi connectivity index (χ1) is 11.7. The van der Waals surface area contributed by atoms with Crippen molar-refractivity contribution in [3.05, 3.63) is 42.2 Å². The van der Waals surface area contributed by atoms with E-state index in [9.17, 15) is 18.0 Å². The molecule has 0 fully saturated rings. The van der Waals surface area contributed by atoms with Crippen LogP contribution in [0.5, 0.6) is 0 Å². The van der Waals surface area contributed by atoms with E-state index in [-0.39, 0.29) is 11.1 Å². The summed E-state index contributed by atoms with van der Waals surface area (Å²) in [6, 6.07) is 8.00. The van der Waals surface area contributed by atoms with Gasteiger partial charge < -0.3 is 10.2 Å². The van der Waals surface area contributed by atoms with Crippen LogP contribution in [0, 0.1) is 0 Å². The molecule has 5 nitrogen and oxygen atoms in total. The third kappa shape index (κ3) is 5.35. The Morgan fingerprint density at radius 2 is 1.84 bits per heavy atom. The molecule has 9 heteroatoms. The molecular weight excluding hydrogens is 353 g/mol. The predicted molar refractivity (Wildman–Crippen MR) is 91.8 cm³/mol. The SMILES string of the molecule is C[C@@H](Sc1nccc(C(F)(F)F)n1)C(=O)Nc1ccc(N(C)C)cc1. The first-order valence-electron chi connectivity index (χ1n) is 7.32. The maximum Gasteiger partial charge on any atom is 0.433 e. The summed E-state index contributed by atoms with van der Waals surface area (Å²) < 4.78 is 38.0. The van der Waals surface area contributed by atoms with E-state index >= 15 is 0 Å². The second-order valence-electron chi connectivity index (χ2n) is 5.41. The lowest BCUT2D eigenvalue weighted by Crippen LogP contribution is -2.23. The number of amides is 1. The Labute approximate surface area is 147 Å². The Bertz CT molecular complexity index is 735. The van der Waals surface area contributed by atoms with E-state index in [1.54, 1.807) is 19.1 Å². The number of nitrogens with one attached hydrogen (secondary N) is 1. The minimum absolute atomic E-state index is 0.0968. The zero-order chi connectivity index (χ0) is 18.6. The van der Waals surface area contributed by atoms with Gasteiger partial charge in [-0.3, -0.25) is 4.79 Å². The summed E-state index contributed by atoms with van der Waals surface area (Å²) in [6.07, 6.45) is -3.51. The van der Waals surface area contributed by atoms with Gasteiger partial charge in [0, 0.05) is 31.7 Å². The number of anilines is 2. The smallest absolute Gasteiger partial charge is 0.378 e. The average molecular weight is 370 g/mol. The second-order valence-corrected chi connectivity index (χ2v) is 6.72. The van der Waals surface area contributed by atoms with Crippen LogP contribution in [0.1, 0.15) is 12.6 Å². The number of carbonyl (C=O) groups is 1. The van der Waals surface area contributed by atoms with E-state index in [0.717, 1.165) is 29.7 Å². The van der Waals surface area contributed by atoms with Crippen LogP contribution in [-0.4, -0.2) is 35.2 Å². The van der Waals surface area contributed by atoms with Gasteiger partial charge in [0.2, 0.25) is 5.91 Å². The van der Waals surface area contributed by atoms with Crippen LogP contribution in [0.2, 0.25) is 0 Å². The minimum atomic E-state index is -4.54. The molecule has 0 saturated heterocycles. The molecule has 134 valence electrons. The van der Waals surface area contributed by atoms with Crippen molar-refractivity contribution >= 4 is 29.0 Å². The van der Waals surface area contributed by atoms with Crippen molar-refractivity contribution in [2.75, 3.05) is 24.3 Å². The number of halogens is 3. The Morgan fingerprint density at radius 1 is 1.20 bits per heavy atom. The number of nitrogens with zero attached hydrogens (tertiary/aromatic N) is 3. The quantitative estimate of drug-likeness (QED) is 0.643. The lowest BCUT2D eigenvalue weighted by molar-refractivity contribution is -0.141. The fourth-order valence-electron chi connectivity index (χ4n) is 1.85. The van der Waals surface area contributed by atoms with Crippen LogP contribution >= 0.6 is 11.8 Å². The molecule has 1 aromatic heterocycles. The number of benzene rings is 1. The van der Waals surface area contributed by atoms with Crippen LogP contribution < -0.4 is 10.2 Å². The van der Waals surface area contributed by atoms with E-state index in [0.29, 0.717) is 5.69 Å². The maximum atomic E-state index is 12.7. The molecule has 1 N–H and O–H groups in total. The summed E-state index contributed by atoms with van der Waals surface area (Å²) in [5.41, 5.74) is 0.558. The summed E-state index contributed by atoms with van der Waals surface area (Å²) in [7, 11) is 3.81. The summed E-state index contributed by atoms with van der Waals surface area (Å²) in [5.74, 6) is -0.344. The number of thioether (sulfide) groups is 1. The highest BCUT2D eigenvalue weighted by atomic mass is 32.2. The Kier molecular flexibility index (Phi) is 5.89. The number of hydrogen-bond acceptors (Lipinski definition) is 5. The second kappa shape index (κ2) is 7.73. The molecule has 1 amide bonds. The van der Waals surface area contributed by atoms with Crippen LogP contribution in [0.15, 0.2) is 41.7 Å². The summed E-state index contributed by atoms with van der Waals surface area (Å²) in [6.45, 7) is 1.58. The molecule has 0 aliphatic rings. The molecule has 0 aliphatic carbocycles. The minimum Gasteiger partial charge on any atom is -0.378 e. The van der Waals surface area contributed by atoms with Crippen molar-refractivity contribution in [3.8, 4) is 0 Å². The molecule has 1 heterocycles. The van der Waals surface area contributed by atoms with Gasteiger partial charge in [-0.2, -0.15) is 13.2 Å². The van der Waals surface area contributed by atoms with Gasteiger partial charge in [-0.15, -0.1) is 0 Å². The fourth-order valence-corrected chi connectivity index (χ4v) is 2.61. The predicted octanol–water partition coefficient (Wildman–Crippen LogP) is 3.68. The van der Waals surface area contributed by atoms with Gasteiger partial charge in [-0.05, 0) is 37.3 Å². The van der Waals surface area contributed by atoms with Crippen molar-refractivity contribution in [2.45, 2.75) is 23.5 Å². The highest BCUT2D eigenvalue weighted by Crippen LogP contribution is 2.29. The lowest BCUT2D eigenvalue weighted by atomic mass is 10.2. The van der Waals surface area contributed by atoms with Gasteiger partial charge in [0.1, 0.15) is 5.69 Å². The standard InChI is InChI=1S/C16H17F3N4OS/c1-10(25-15-20-9-8-13(22-15)16(17,18)19)14(24)21-11-4-6-12(7-5-11)23(2)3/h4-10H,1-3H3,(H,21,24)/t10-/m1/s1. The zero-order valence-corrected chi connectivity index (χ0v) is 14.6. The Morgan fingerprint density at radius 3 is 2.40 bits per heavy atom. The first-order valence-corrected chi connectivity index (χ1v) is 8.20. The fraction of sp³-hybridized carbons (Fsp3) is 0.312. The maximum absolute atomic E-state index is 12.7. The number of alkyl halides is 3. The van der Waals surface area contributed by atoms with Crippen molar-refractivity contribution in [1.82, 2.24) is 9.97 Å². The topological polar surface area (TPSA) is 58.1 Å². The number of rotatable bonds is 5. The summed E-state index contributed by atoms with van der Waals surface area (Å²) in [4.78, 5) is 21.3. The van der Waals surface area contributed by atoms with Crippen LogP contribution in [0.4, 0.5) is 24.5 Å². The number of carbonyl (C=O) groups excluding carboxylic acids is 1. The molecular formula is C16H17F3N4OS. The molecule has 0 radical (unpaired) electrons. The highest BCUT2D eigenvalue weighted by Gasteiger charge is 2.33. The molecule has 1 aromatic carbocycles. The van der Waals surface area contributed by atoms with E-state index in [1.807, 2.05) is 31.1 Å². The molecule has 1 atom stereocenters. The van der Waals surface area contributed by atoms with Crippen LogP contribution in [0.25, 0.3) is 0 Å². The van der Waals surface area contributed by atoms with Gasteiger partial charge in [0.15, 0.2) is 5.16 Å². The van der Waals surface area contributed by atoms with E-state index in [2.05, 4.69) is 15.3 Å². The first kappa shape index (κ1) is 19.0. The third-order valence-corrected chi connectivity index (χ3v) is 4.20. The molecule has 0 bridgehead atoms. The van der Waals surface area contributed by atoms with Crippen LogP contribution in [0.3, 0.4) is 0 Å². The van der Waals surface area contributed by atoms with E-state index in [4.69, 9.17) is 0 Å². The van der Waals surface area contributed by atoms with E-state index in [1.165, 1.54) is 0 Å². The normalized spacial score (nSPS) is 12.6. The molecule has 0 unspecified atom stereocenters. The van der Waals surface area contributed by atoms with Gasteiger partial charge >= 0.3 is 6.18 Å². The Hall–Kier alpha value is -2.29. The molecule has 0 aliphatic heterocycles. The zero-order valence-electron chi connectivity index (χ0n) is 13.8. The monoisotopic (exact) mass is 370 g/mol. The highest BCUT2D eigenvalue weighted by molar-refractivity contribution is 8.00. The van der Waals surface area contributed by atoms with Gasteiger partial charge in [-0.25, -0.2) is 9.97 Å². The molecule has 0 spiro atoms. The summed E-state index contributed by atoms with van der Waals surface area (Å²) >= 11 is 0.867. The van der Waals surface area contributed by atoms with Gasteiger partial charge in [-0.1, -0.05) is 11.8 Å². The largest absolute Gasteiger partial charge is 0.433 e. The van der Waals surface area contributed by atoms with Crippen molar-refractivity contribution < 1.29 is 18.0 Å². The van der Waals surface area contributed by atoms with Crippen molar-refractivity contribution in [1.29, 1.82) is 0 Å². The van der Waals surface area contributed by atoms with Gasteiger partial charge in [0.05, 0.1) is 5.25 Å². The number of hydrogen-bond donors (Lipinski definition) is 1. The van der Waals surface area contributed by atoms with Gasteiger partial charge in [0.25, 0.3) is 0 Å². The third-order valence-electron chi connectivity index (χ3n) is 3.23. The molecule has 2 rings (SSSR count). The Balaban J connectivity index is 2.00. The average Bonchev–Trinajstić information content (AvgIpc) is 2.54. The summed E-state index contributed by atoms with van der Waals surface area (Å²) in [5, 5.41) is 1.96. The van der Waals surface area contributed by atoms with Crippen LogP contribution in [-0.2, 0) is 11.0 Å². The van der Waals surface area contributed by atoms with Crippen molar-refractivity contribution in [3.63, 3.8) is 0 Å². The molecule has 0 saturated carbocycles.